The second kappa shape index (κ2) is 4.88. The third kappa shape index (κ3) is 2.27. The van der Waals surface area contributed by atoms with Crippen molar-refractivity contribution in [2.24, 2.45) is 0 Å². The van der Waals surface area contributed by atoms with Crippen molar-refractivity contribution in [3.63, 3.8) is 0 Å². The Morgan fingerprint density at radius 1 is 1.22 bits per heavy atom. The first-order chi connectivity index (χ1) is 8.50. The smallest absolute Gasteiger partial charge is 0.326 e. The van der Waals surface area contributed by atoms with E-state index in [0.29, 0.717) is 13.0 Å². The number of carbonyl (C=O) groups is 1. The summed E-state index contributed by atoms with van der Waals surface area (Å²) in [6.45, 7) is 0.390. The Hall–Kier alpha value is -1.72. The van der Waals surface area contributed by atoms with Crippen LogP contribution in [0.25, 0.3) is 0 Å². The first kappa shape index (κ1) is 12.7. The van der Waals surface area contributed by atoms with Crippen molar-refractivity contribution < 1.29 is 23.1 Å². The zero-order chi connectivity index (χ0) is 13.3. The van der Waals surface area contributed by atoms with Crippen LogP contribution in [-0.2, 0) is 4.79 Å². The fourth-order valence-electron chi connectivity index (χ4n) is 2.21. The summed E-state index contributed by atoms with van der Waals surface area (Å²) in [5, 5.41) is 9.06. The normalized spacial score (nSPS) is 19.9. The molecule has 0 aromatic heterocycles. The maximum absolute atomic E-state index is 13.1. The highest BCUT2D eigenvalue weighted by Gasteiger charge is 2.29. The van der Waals surface area contributed by atoms with Gasteiger partial charge < -0.3 is 10.0 Å². The molecule has 1 atom stereocenters. The van der Waals surface area contributed by atoms with Crippen molar-refractivity contribution in [3.8, 4) is 0 Å². The Balaban J connectivity index is 2.37. The monoisotopic (exact) mass is 259 g/mol. The molecule has 18 heavy (non-hydrogen) atoms. The lowest BCUT2D eigenvalue weighted by Crippen LogP contribution is -2.44. The number of hydrogen-bond donors (Lipinski definition) is 1. The first-order valence-corrected chi connectivity index (χ1v) is 5.64. The molecule has 98 valence electrons. The van der Waals surface area contributed by atoms with Crippen LogP contribution >= 0.6 is 0 Å². The Labute approximate surface area is 102 Å². The van der Waals surface area contributed by atoms with Crippen molar-refractivity contribution in [1.82, 2.24) is 0 Å². The summed E-state index contributed by atoms with van der Waals surface area (Å²) in [7, 11) is 0. The summed E-state index contributed by atoms with van der Waals surface area (Å²) in [4.78, 5) is 12.5. The van der Waals surface area contributed by atoms with Gasteiger partial charge in [-0.3, -0.25) is 0 Å². The van der Waals surface area contributed by atoms with E-state index in [2.05, 4.69) is 0 Å². The van der Waals surface area contributed by atoms with E-state index in [4.69, 9.17) is 5.11 Å². The molecule has 0 amide bonds. The highest BCUT2D eigenvalue weighted by atomic mass is 19.2. The number of aliphatic carboxylic acids is 1. The largest absolute Gasteiger partial charge is 0.480 e. The molecule has 3 nitrogen and oxygen atoms in total. The van der Waals surface area contributed by atoms with Crippen molar-refractivity contribution in [2.75, 3.05) is 11.4 Å². The van der Waals surface area contributed by atoms with E-state index in [0.717, 1.165) is 25.0 Å². The second-order valence-electron chi connectivity index (χ2n) is 4.27. The molecule has 1 aliphatic heterocycles. The van der Waals surface area contributed by atoms with Crippen molar-refractivity contribution in [2.45, 2.75) is 25.3 Å². The molecule has 1 unspecified atom stereocenters. The van der Waals surface area contributed by atoms with Gasteiger partial charge in [-0.25, -0.2) is 18.0 Å². The quantitative estimate of drug-likeness (QED) is 0.830. The van der Waals surface area contributed by atoms with Crippen LogP contribution in [0.1, 0.15) is 19.3 Å². The lowest BCUT2D eigenvalue weighted by molar-refractivity contribution is -0.139. The van der Waals surface area contributed by atoms with Crippen LogP contribution in [0.15, 0.2) is 12.1 Å². The number of carboxylic acid groups (broad SMARTS) is 1. The summed E-state index contributed by atoms with van der Waals surface area (Å²) in [5.74, 6) is -5.19. The van der Waals surface area contributed by atoms with Gasteiger partial charge in [0.2, 0.25) is 0 Å². The molecule has 0 radical (unpaired) electrons. The highest BCUT2D eigenvalue weighted by molar-refractivity contribution is 5.78. The van der Waals surface area contributed by atoms with Gasteiger partial charge in [0, 0.05) is 24.4 Å². The van der Waals surface area contributed by atoms with E-state index < -0.39 is 29.5 Å². The summed E-state index contributed by atoms with van der Waals surface area (Å²) in [5.41, 5.74) is 0.0681. The van der Waals surface area contributed by atoms with Gasteiger partial charge in [-0.05, 0) is 19.3 Å². The van der Waals surface area contributed by atoms with Crippen molar-refractivity contribution in [3.05, 3.63) is 29.6 Å². The molecule has 1 aliphatic rings. The number of nitrogens with zero attached hydrogens (tertiary/aromatic N) is 1. The van der Waals surface area contributed by atoms with Crippen LogP contribution in [0, 0.1) is 17.5 Å². The number of rotatable bonds is 2. The minimum Gasteiger partial charge on any atom is -0.480 e. The average molecular weight is 259 g/mol. The number of hydrogen-bond acceptors (Lipinski definition) is 2. The molecule has 1 heterocycles. The van der Waals surface area contributed by atoms with E-state index in [1.54, 1.807) is 0 Å². The molecular weight excluding hydrogens is 247 g/mol. The maximum Gasteiger partial charge on any atom is 0.326 e. The van der Waals surface area contributed by atoms with E-state index in [1.807, 2.05) is 0 Å². The lowest BCUT2D eigenvalue weighted by atomic mass is 10.0. The van der Waals surface area contributed by atoms with Gasteiger partial charge in [-0.1, -0.05) is 0 Å². The third-order valence-corrected chi connectivity index (χ3v) is 3.09. The Morgan fingerprint density at radius 2 is 1.83 bits per heavy atom. The lowest BCUT2D eigenvalue weighted by Gasteiger charge is -2.34. The molecule has 1 aromatic rings. The third-order valence-electron chi connectivity index (χ3n) is 3.09. The topological polar surface area (TPSA) is 40.5 Å². The SMILES string of the molecule is O=C(O)C1CCCCN1c1cc(F)c(F)c(F)c1. The zero-order valence-electron chi connectivity index (χ0n) is 9.50. The van der Waals surface area contributed by atoms with E-state index in [9.17, 15) is 18.0 Å². The fraction of sp³-hybridized carbons (Fsp3) is 0.417. The number of benzene rings is 1. The van der Waals surface area contributed by atoms with Crippen molar-refractivity contribution >= 4 is 11.7 Å². The standard InChI is InChI=1S/C12H12F3NO2/c13-8-5-7(6-9(14)11(8)15)16-4-2-1-3-10(16)12(17)18/h5-6,10H,1-4H2,(H,17,18). The molecule has 0 bridgehead atoms. The summed E-state index contributed by atoms with van der Waals surface area (Å²) in [6, 6.07) is 0.849. The summed E-state index contributed by atoms with van der Waals surface area (Å²) >= 11 is 0. The van der Waals surface area contributed by atoms with E-state index in [1.165, 1.54) is 4.90 Å². The van der Waals surface area contributed by atoms with Crippen LogP contribution in [0.4, 0.5) is 18.9 Å². The average Bonchev–Trinajstić information content (AvgIpc) is 2.35. The van der Waals surface area contributed by atoms with Gasteiger partial charge in [0.15, 0.2) is 17.5 Å². The number of piperidine rings is 1. The molecule has 1 saturated heterocycles. The maximum atomic E-state index is 13.1. The molecule has 1 N–H and O–H groups in total. The van der Waals surface area contributed by atoms with Gasteiger partial charge in [-0.15, -0.1) is 0 Å². The number of carboxylic acids is 1. The van der Waals surface area contributed by atoms with Gasteiger partial charge in [0.1, 0.15) is 6.04 Å². The molecule has 6 heteroatoms. The minimum atomic E-state index is -1.54. The van der Waals surface area contributed by atoms with Crippen LogP contribution in [-0.4, -0.2) is 23.7 Å². The minimum absolute atomic E-state index is 0.0681. The predicted octanol–water partition coefficient (Wildman–Crippen LogP) is 2.55. The van der Waals surface area contributed by atoms with Crippen LogP contribution in [0.5, 0.6) is 0 Å². The summed E-state index contributed by atoms with van der Waals surface area (Å²) < 4.78 is 39.1. The first-order valence-electron chi connectivity index (χ1n) is 5.64. The van der Waals surface area contributed by atoms with E-state index in [-0.39, 0.29) is 5.69 Å². The van der Waals surface area contributed by atoms with E-state index >= 15 is 0 Å². The zero-order valence-corrected chi connectivity index (χ0v) is 9.50. The van der Waals surface area contributed by atoms with Gasteiger partial charge in [0.25, 0.3) is 0 Å². The van der Waals surface area contributed by atoms with Crippen LogP contribution in [0.3, 0.4) is 0 Å². The molecule has 2 rings (SSSR count). The Kier molecular flexibility index (Phi) is 3.45. The molecular formula is C12H12F3NO2. The molecule has 1 aromatic carbocycles. The van der Waals surface area contributed by atoms with Crippen molar-refractivity contribution in [1.29, 1.82) is 0 Å². The summed E-state index contributed by atoms with van der Waals surface area (Å²) in [6.07, 6.45) is 1.90. The Morgan fingerprint density at radius 3 is 2.39 bits per heavy atom. The highest BCUT2D eigenvalue weighted by Crippen LogP contribution is 2.27. The second-order valence-corrected chi connectivity index (χ2v) is 4.27. The Bertz CT molecular complexity index is 455. The molecule has 0 aliphatic carbocycles. The van der Waals surface area contributed by atoms with Crippen LogP contribution in [0.2, 0.25) is 0 Å². The van der Waals surface area contributed by atoms with Gasteiger partial charge in [-0.2, -0.15) is 0 Å². The van der Waals surface area contributed by atoms with Gasteiger partial charge >= 0.3 is 5.97 Å². The fourth-order valence-corrected chi connectivity index (χ4v) is 2.21. The van der Waals surface area contributed by atoms with Gasteiger partial charge in [0.05, 0.1) is 0 Å². The molecule has 0 spiro atoms. The number of halogens is 3. The molecule has 1 fully saturated rings. The predicted molar refractivity (Wildman–Crippen MR) is 58.9 cm³/mol. The molecule has 0 saturated carbocycles. The van der Waals surface area contributed by atoms with Crippen LogP contribution < -0.4 is 4.90 Å². The number of anilines is 1.